The third-order valence-corrected chi connectivity index (χ3v) is 4.15. The molecule has 3 rings (SSSR count). The topological polar surface area (TPSA) is 72.1 Å². The fourth-order valence-corrected chi connectivity index (χ4v) is 2.75. The molecule has 0 bridgehead atoms. The second kappa shape index (κ2) is 7.49. The van der Waals surface area contributed by atoms with Gasteiger partial charge in [-0.1, -0.05) is 17.7 Å². The van der Waals surface area contributed by atoms with Crippen LogP contribution in [0.15, 0.2) is 48.9 Å². The van der Waals surface area contributed by atoms with E-state index in [9.17, 15) is 14.0 Å². The van der Waals surface area contributed by atoms with Crippen LogP contribution in [0.25, 0.3) is 0 Å². The molecule has 0 aliphatic heterocycles. The molecule has 26 heavy (non-hydrogen) atoms. The first kappa shape index (κ1) is 17.8. The summed E-state index contributed by atoms with van der Waals surface area (Å²) in [6.45, 7) is 0. The molecule has 0 atom stereocenters. The number of nitrogens with one attached hydrogen (secondary N) is 1. The molecule has 7 heteroatoms. The number of H-pyrrole nitrogens is 1. The van der Waals surface area contributed by atoms with Gasteiger partial charge in [-0.05, 0) is 29.8 Å². The number of carbonyl (C=O) groups is 2. The first-order valence-corrected chi connectivity index (χ1v) is 8.06. The molecule has 0 amide bonds. The number of hydrogen-bond acceptors (Lipinski definition) is 4. The van der Waals surface area contributed by atoms with Gasteiger partial charge in [0.15, 0.2) is 23.1 Å². The van der Waals surface area contributed by atoms with Crippen LogP contribution in [0.5, 0.6) is 5.75 Å². The number of rotatable bonds is 6. The Labute approximate surface area is 153 Å². The maximum absolute atomic E-state index is 14.4. The summed E-state index contributed by atoms with van der Waals surface area (Å²) in [6, 6.07) is 7.63. The van der Waals surface area contributed by atoms with Gasteiger partial charge in [0.1, 0.15) is 0 Å². The van der Waals surface area contributed by atoms with Crippen molar-refractivity contribution in [2.24, 2.45) is 0 Å². The lowest BCUT2D eigenvalue weighted by molar-refractivity contribution is 0.0988. The van der Waals surface area contributed by atoms with Crippen molar-refractivity contribution in [3.8, 4) is 5.75 Å². The summed E-state index contributed by atoms with van der Waals surface area (Å²) < 4.78 is 19.3. The van der Waals surface area contributed by atoms with Crippen LogP contribution < -0.4 is 4.74 Å². The monoisotopic (exact) mass is 372 g/mol. The van der Waals surface area contributed by atoms with E-state index in [4.69, 9.17) is 16.3 Å². The van der Waals surface area contributed by atoms with Gasteiger partial charge < -0.3 is 9.72 Å². The standard InChI is InChI=1S/C19H14ClFN2O3/c1-26-16-5-4-13(20)17(18(16)21)19(25)12-8-14(23-10-12)15(24)7-11-3-2-6-22-9-11/h2-6,8-10,23H,7H2,1H3. The summed E-state index contributed by atoms with van der Waals surface area (Å²) in [5.74, 6) is -1.77. The zero-order chi connectivity index (χ0) is 18.7. The number of carbonyl (C=O) groups excluding carboxylic acids is 2. The number of aromatic amines is 1. The van der Waals surface area contributed by atoms with Crippen LogP contribution in [0.2, 0.25) is 5.02 Å². The van der Waals surface area contributed by atoms with Crippen molar-refractivity contribution in [3.63, 3.8) is 0 Å². The van der Waals surface area contributed by atoms with E-state index in [-0.39, 0.29) is 39.8 Å². The number of benzene rings is 1. The van der Waals surface area contributed by atoms with E-state index >= 15 is 0 Å². The van der Waals surface area contributed by atoms with Gasteiger partial charge in [-0.15, -0.1) is 0 Å². The zero-order valence-corrected chi connectivity index (χ0v) is 14.5. The molecular weight excluding hydrogens is 359 g/mol. The number of ketones is 2. The van der Waals surface area contributed by atoms with Crippen molar-refractivity contribution >= 4 is 23.2 Å². The quantitative estimate of drug-likeness (QED) is 0.667. The number of ether oxygens (including phenoxy) is 1. The highest BCUT2D eigenvalue weighted by Gasteiger charge is 2.23. The largest absolute Gasteiger partial charge is 0.494 e. The van der Waals surface area contributed by atoms with Gasteiger partial charge >= 0.3 is 0 Å². The number of aromatic nitrogens is 2. The molecule has 0 saturated carbocycles. The first-order valence-electron chi connectivity index (χ1n) is 7.68. The molecule has 0 unspecified atom stereocenters. The van der Waals surface area contributed by atoms with E-state index < -0.39 is 11.6 Å². The van der Waals surface area contributed by atoms with Gasteiger partial charge in [0.2, 0.25) is 0 Å². The summed E-state index contributed by atoms with van der Waals surface area (Å²) in [6.07, 6.45) is 4.70. The molecule has 1 N–H and O–H groups in total. The van der Waals surface area contributed by atoms with Crippen LogP contribution >= 0.6 is 11.6 Å². The van der Waals surface area contributed by atoms with Gasteiger partial charge in [-0.2, -0.15) is 0 Å². The fraction of sp³-hybridized carbons (Fsp3) is 0.105. The first-order chi connectivity index (χ1) is 12.5. The van der Waals surface area contributed by atoms with E-state index in [1.165, 1.54) is 31.5 Å². The number of hydrogen-bond donors (Lipinski definition) is 1. The molecule has 0 fully saturated rings. The van der Waals surface area contributed by atoms with Crippen molar-refractivity contribution in [2.75, 3.05) is 7.11 Å². The van der Waals surface area contributed by atoms with Gasteiger partial charge in [0, 0.05) is 30.6 Å². The molecule has 132 valence electrons. The van der Waals surface area contributed by atoms with Crippen molar-refractivity contribution in [2.45, 2.75) is 6.42 Å². The number of nitrogens with zero attached hydrogens (tertiary/aromatic N) is 1. The third kappa shape index (κ3) is 3.50. The minimum absolute atomic E-state index is 0.0299. The van der Waals surface area contributed by atoms with E-state index in [1.807, 2.05) is 0 Å². The zero-order valence-electron chi connectivity index (χ0n) is 13.8. The minimum Gasteiger partial charge on any atom is -0.494 e. The molecule has 0 radical (unpaired) electrons. The number of methoxy groups -OCH3 is 1. The Hall–Kier alpha value is -2.99. The lowest BCUT2D eigenvalue weighted by atomic mass is 10.0. The number of pyridine rings is 1. The second-order valence-corrected chi connectivity index (χ2v) is 5.94. The predicted octanol–water partition coefficient (Wildman–Crippen LogP) is 3.87. The molecule has 0 aliphatic carbocycles. The molecule has 1 aromatic carbocycles. The molecule has 0 saturated heterocycles. The Morgan fingerprint density at radius 2 is 2.12 bits per heavy atom. The fourth-order valence-electron chi connectivity index (χ4n) is 2.51. The Bertz CT molecular complexity index is 970. The number of Topliss-reactive ketones (excluding diaryl/α,β-unsaturated/α-hetero) is 1. The Morgan fingerprint density at radius 3 is 2.81 bits per heavy atom. The molecular formula is C19H14ClFN2O3. The Morgan fingerprint density at radius 1 is 1.31 bits per heavy atom. The van der Waals surface area contributed by atoms with Gasteiger partial charge in [-0.3, -0.25) is 14.6 Å². The van der Waals surface area contributed by atoms with Gasteiger partial charge in [0.05, 0.1) is 23.4 Å². The van der Waals surface area contributed by atoms with Crippen LogP contribution in [0.3, 0.4) is 0 Å². The lowest BCUT2D eigenvalue weighted by Crippen LogP contribution is -2.06. The molecule has 0 spiro atoms. The van der Waals surface area contributed by atoms with Crippen molar-refractivity contribution in [3.05, 3.63) is 82.1 Å². The van der Waals surface area contributed by atoms with Gasteiger partial charge in [0.25, 0.3) is 0 Å². The molecule has 0 aliphatic rings. The van der Waals surface area contributed by atoms with Crippen LogP contribution in [-0.4, -0.2) is 28.6 Å². The van der Waals surface area contributed by atoms with Crippen molar-refractivity contribution in [1.82, 2.24) is 9.97 Å². The summed E-state index contributed by atoms with van der Waals surface area (Å²) in [4.78, 5) is 31.7. The summed E-state index contributed by atoms with van der Waals surface area (Å²) in [5, 5.41) is -0.0299. The van der Waals surface area contributed by atoms with E-state index in [1.54, 1.807) is 24.5 Å². The molecule has 5 nitrogen and oxygen atoms in total. The van der Waals surface area contributed by atoms with Crippen LogP contribution in [-0.2, 0) is 6.42 Å². The molecule has 2 aromatic heterocycles. The van der Waals surface area contributed by atoms with Crippen LogP contribution in [0.4, 0.5) is 4.39 Å². The van der Waals surface area contributed by atoms with Gasteiger partial charge in [-0.25, -0.2) is 4.39 Å². The molecule has 2 heterocycles. The maximum Gasteiger partial charge on any atom is 0.199 e. The second-order valence-electron chi connectivity index (χ2n) is 5.53. The highest BCUT2D eigenvalue weighted by Crippen LogP contribution is 2.29. The average Bonchev–Trinajstić information content (AvgIpc) is 3.13. The molecule has 3 aromatic rings. The van der Waals surface area contributed by atoms with E-state index in [0.717, 1.165) is 5.56 Å². The third-order valence-electron chi connectivity index (χ3n) is 3.84. The minimum atomic E-state index is -0.838. The number of halogens is 2. The van der Waals surface area contributed by atoms with Crippen molar-refractivity contribution < 1.29 is 18.7 Å². The predicted molar refractivity (Wildman–Crippen MR) is 94.5 cm³/mol. The summed E-state index contributed by atoms with van der Waals surface area (Å²) in [5.41, 5.74) is 0.836. The Kier molecular flexibility index (Phi) is 5.14. The van der Waals surface area contributed by atoms with E-state index in [0.29, 0.717) is 0 Å². The van der Waals surface area contributed by atoms with Crippen molar-refractivity contribution in [1.29, 1.82) is 0 Å². The SMILES string of the molecule is COc1ccc(Cl)c(C(=O)c2c[nH]c(C(=O)Cc3cccnc3)c2)c1F. The lowest BCUT2D eigenvalue weighted by Gasteiger charge is -2.07. The van der Waals surface area contributed by atoms with E-state index in [2.05, 4.69) is 9.97 Å². The normalized spacial score (nSPS) is 10.6. The average molecular weight is 373 g/mol. The smallest absolute Gasteiger partial charge is 0.199 e. The maximum atomic E-state index is 14.4. The Balaban J connectivity index is 1.86. The summed E-state index contributed by atoms with van der Waals surface area (Å²) >= 11 is 5.98. The highest BCUT2D eigenvalue weighted by atomic mass is 35.5. The summed E-state index contributed by atoms with van der Waals surface area (Å²) in [7, 11) is 1.30. The van der Waals surface area contributed by atoms with Crippen LogP contribution in [0, 0.1) is 5.82 Å². The van der Waals surface area contributed by atoms with Crippen LogP contribution in [0.1, 0.15) is 32.0 Å². The highest BCUT2D eigenvalue weighted by molar-refractivity contribution is 6.35.